The summed E-state index contributed by atoms with van der Waals surface area (Å²) in [6, 6.07) is 7.86. The predicted molar refractivity (Wildman–Crippen MR) is 92.6 cm³/mol. The molecule has 0 spiro atoms. The molecule has 0 radical (unpaired) electrons. The van der Waals surface area contributed by atoms with Crippen LogP contribution >= 0.6 is 0 Å². The quantitative estimate of drug-likeness (QED) is 0.660. The molecule has 0 fully saturated rings. The molecule has 3 aromatic rings. The number of aromatic nitrogens is 2. The fraction of sp³-hybridized carbons (Fsp3) is 0.158. The third kappa shape index (κ3) is 3.84. The summed E-state index contributed by atoms with van der Waals surface area (Å²) in [6.45, 7) is 1.58. The highest BCUT2D eigenvalue weighted by Crippen LogP contribution is 2.31. The number of amides is 1. The Kier molecular flexibility index (Phi) is 4.98. The first kappa shape index (κ1) is 18.6. The van der Waals surface area contributed by atoms with E-state index >= 15 is 0 Å². The number of carbonyl (C=O) groups excluding carboxylic acids is 1. The van der Waals surface area contributed by atoms with Gasteiger partial charge in [0.2, 0.25) is 0 Å². The van der Waals surface area contributed by atoms with E-state index in [-0.39, 0.29) is 16.8 Å². The molecule has 27 heavy (non-hydrogen) atoms. The molecule has 8 heteroatoms. The van der Waals surface area contributed by atoms with E-state index in [4.69, 9.17) is 0 Å². The fourth-order valence-electron chi connectivity index (χ4n) is 2.66. The Labute approximate surface area is 152 Å². The number of hydrogen-bond donors (Lipinski definition) is 1. The lowest BCUT2D eigenvalue weighted by Crippen LogP contribution is -2.14. The summed E-state index contributed by atoms with van der Waals surface area (Å²) in [4.78, 5) is 12.5. The molecule has 140 valence electrons. The minimum Gasteiger partial charge on any atom is -0.321 e. The van der Waals surface area contributed by atoms with Crippen molar-refractivity contribution in [1.82, 2.24) is 9.78 Å². The molecule has 0 aliphatic carbocycles. The monoisotopic (exact) mass is 377 g/mol. The van der Waals surface area contributed by atoms with Crippen molar-refractivity contribution in [2.75, 3.05) is 5.32 Å². The van der Waals surface area contributed by atoms with E-state index in [1.807, 2.05) is 0 Å². The van der Waals surface area contributed by atoms with Crippen molar-refractivity contribution in [2.45, 2.75) is 13.3 Å². The second kappa shape index (κ2) is 7.22. The van der Waals surface area contributed by atoms with Gasteiger partial charge in [0.15, 0.2) is 0 Å². The highest BCUT2D eigenvalue weighted by molar-refractivity contribution is 6.07. The highest BCUT2D eigenvalue weighted by Gasteiger charge is 2.23. The molecule has 0 saturated carbocycles. The average Bonchev–Trinajstić information content (AvgIpc) is 3.01. The van der Waals surface area contributed by atoms with Gasteiger partial charge in [-0.2, -0.15) is 5.10 Å². The van der Waals surface area contributed by atoms with Gasteiger partial charge in [-0.25, -0.2) is 17.6 Å². The van der Waals surface area contributed by atoms with Crippen molar-refractivity contribution in [3.63, 3.8) is 0 Å². The first-order chi connectivity index (χ1) is 12.8. The molecular formula is C19H15F4N3O. The van der Waals surface area contributed by atoms with Crippen LogP contribution < -0.4 is 5.32 Å². The van der Waals surface area contributed by atoms with Crippen LogP contribution in [0.5, 0.6) is 0 Å². The van der Waals surface area contributed by atoms with E-state index in [0.717, 1.165) is 16.8 Å². The fourth-order valence-corrected chi connectivity index (χ4v) is 2.66. The van der Waals surface area contributed by atoms with E-state index in [0.29, 0.717) is 11.1 Å². The summed E-state index contributed by atoms with van der Waals surface area (Å²) < 4.78 is 54.9. The van der Waals surface area contributed by atoms with Crippen LogP contribution in [0.15, 0.2) is 42.6 Å². The Bertz CT molecular complexity index is 1010. The van der Waals surface area contributed by atoms with Crippen LogP contribution in [-0.4, -0.2) is 15.7 Å². The van der Waals surface area contributed by atoms with Gasteiger partial charge in [0, 0.05) is 24.5 Å². The molecule has 2 aromatic carbocycles. The van der Waals surface area contributed by atoms with Crippen LogP contribution in [0.25, 0.3) is 11.1 Å². The summed E-state index contributed by atoms with van der Waals surface area (Å²) in [5, 5.41) is 6.07. The van der Waals surface area contributed by atoms with Crippen molar-refractivity contribution in [3.8, 4) is 11.1 Å². The van der Waals surface area contributed by atoms with Crippen molar-refractivity contribution in [3.05, 3.63) is 71.1 Å². The Hall–Kier alpha value is -3.16. The van der Waals surface area contributed by atoms with E-state index in [9.17, 15) is 22.4 Å². The number of aryl methyl sites for hydroxylation is 2. The van der Waals surface area contributed by atoms with Gasteiger partial charge < -0.3 is 5.32 Å². The molecule has 1 heterocycles. The number of halogens is 4. The van der Waals surface area contributed by atoms with Crippen LogP contribution in [0.4, 0.5) is 23.2 Å². The van der Waals surface area contributed by atoms with Gasteiger partial charge in [-0.05, 0) is 42.3 Å². The van der Waals surface area contributed by atoms with E-state index in [1.54, 1.807) is 13.0 Å². The lowest BCUT2D eigenvalue weighted by atomic mass is 10.0. The molecule has 0 saturated heterocycles. The first-order valence-corrected chi connectivity index (χ1v) is 7.95. The number of alkyl halides is 2. The van der Waals surface area contributed by atoms with Crippen LogP contribution in [0.1, 0.15) is 28.0 Å². The smallest absolute Gasteiger partial charge is 0.282 e. The molecule has 1 amide bonds. The number of hydrogen-bond acceptors (Lipinski definition) is 2. The van der Waals surface area contributed by atoms with E-state index in [1.165, 1.54) is 31.4 Å². The number of rotatable bonds is 4. The summed E-state index contributed by atoms with van der Waals surface area (Å²) in [5.74, 6) is -1.89. The lowest BCUT2D eigenvalue weighted by Gasteiger charge is -2.12. The molecule has 1 aromatic heterocycles. The molecule has 0 atom stereocenters. The van der Waals surface area contributed by atoms with Crippen molar-refractivity contribution >= 4 is 11.6 Å². The number of benzene rings is 2. The Balaban J connectivity index is 2.01. The number of anilines is 1. The maximum absolute atomic E-state index is 13.9. The van der Waals surface area contributed by atoms with Gasteiger partial charge in [0.1, 0.15) is 17.3 Å². The Morgan fingerprint density at radius 1 is 1.15 bits per heavy atom. The number of nitrogens with zero attached hydrogens (tertiary/aromatic N) is 2. The number of nitrogens with one attached hydrogen (secondary N) is 1. The zero-order valence-electron chi connectivity index (χ0n) is 14.4. The third-order valence-corrected chi connectivity index (χ3v) is 4.02. The normalized spacial score (nSPS) is 11.1. The molecule has 0 aliphatic heterocycles. The molecule has 3 rings (SSSR count). The van der Waals surface area contributed by atoms with Gasteiger partial charge in [-0.1, -0.05) is 12.1 Å². The predicted octanol–water partition coefficient (Wildman–Crippen LogP) is 4.86. The summed E-state index contributed by atoms with van der Waals surface area (Å²) in [6.07, 6.45) is -1.75. The van der Waals surface area contributed by atoms with Gasteiger partial charge in [-0.3, -0.25) is 9.48 Å². The van der Waals surface area contributed by atoms with Crippen LogP contribution in [0, 0.1) is 18.6 Å². The largest absolute Gasteiger partial charge is 0.321 e. The van der Waals surface area contributed by atoms with Crippen molar-refractivity contribution in [1.29, 1.82) is 0 Å². The summed E-state index contributed by atoms with van der Waals surface area (Å²) in [7, 11) is 1.42. The molecule has 0 unspecified atom stereocenters. The average molecular weight is 377 g/mol. The highest BCUT2D eigenvalue weighted by atomic mass is 19.3. The molecular weight excluding hydrogens is 362 g/mol. The maximum Gasteiger partial charge on any atom is 0.282 e. The summed E-state index contributed by atoms with van der Waals surface area (Å²) in [5.41, 5.74) is 0.196. The second-order valence-corrected chi connectivity index (χ2v) is 6.01. The van der Waals surface area contributed by atoms with Gasteiger partial charge in [-0.15, -0.1) is 0 Å². The minimum atomic E-state index is -2.93. The molecule has 0 aliphatic rings. The lowest BCUT2D eigenvalue weighted by molar-refractivity contribution is 0.101. The third-order valence-electron chi connectivity index (χ3n) is 4.02. The van der Waals surface area contributed by atoms with Crippen LogP contribution in [0.3, 0.4) is 0 Å². The maximum atomic E-state index is 13.9. The molecule has 0 bridgehead atoms. The van der Waals surface area contributed by atoms with Crippen LogP contribution in [0.2, 0.25) is 0 Å². The molecule has 1 N–H and O–H groups in total. The zero-order valence-corrected chi connectivity index (χ0v) is 14.4. The molecule has 4 nitrogen and oxygen atoms in total. The Morgan fingerprint density at radius 3 is 2.56 bits per heavy atom. The standard InChI is InChI=1S/C19H15F4N3O/c1-10-3-4-11(7-15(10)21)13-8-12(20)5-6-16(13)24-19(27)14-9-26(2)25-17(14)18(22)23/h3-9,18H,1-2H3,(H,24,27). The minimum absolute atomic E-state index is 0.161. The topological polar surface area (TPSA) is 46.9 Å². The SMILES string of the molecule is Cc1ccc(-c2cc(F)ccc2NC(=O)c2cn(C)nc2C(F)F)cc1F. The Morgan fingerprint density at radius 2 is 1.89 bits per heavy atom. The van der Waals surface area contributed by atoms with Gasteiger partial charge in [0.05, 0.1) is 5.56 Å². The second-order valence-electron chi connectivity index (χ2n) is 6.01. The summed E-state index contributed by atoms with van der Waals surface area (Å²) >= 11 is 0. The van der Waals surface area contributed by atoms with Crippen LogP contribution in [-0.2, 0) is 7.05 Å². The zero-order chi connectivity index (χ0) is 19.7. The number of carbonyl (C=O) groups is 1. The van der Waals surface area contributed by atoms with Crippen molar-refractivity contribution < 1.29 is 22.4 Å². The van der Waals surface area contributed by atoms with E-state index < -0.39 is 29.7 Å². The van der Waals surface area contributed by atoms with E-state index in [2.05, 4.69) is 10.4 Å². The first-order valence-electron chi connectivity index (χ1n) is 7.95. The van der Waals surface area contributed by atoms with Crippen molar-refractivity contribution in [2.24, 2.45) is 7.05 Å². The van der Waals surface area contributed by atoms with Gasteiger partial charge >= 0.3 is 0 Å². The van der Waals surface area contributed by atoms with Gasteiger partial charge in [0.25, 0.3) is 12.3 Å².